The molecule has 9 nitrogen and oxygen atoms in total. The van der Waals surface area contributed by atoms with Crippen LogP contribution in [0.4, 0.5) is 17.3 Å². The normalized spacial score (nSPS) is 12.5. The smallest absolute Gasteiger partial charge is 0.333 e. The van der Waals surface area contributed by atoms with E-state index in [1.54, 1.807) is 7.11 Å². The number of nitrogens with one attached hydrogen (secondary N) is 1. The summed E-state index contributed by atoms with van der Waals surface area (Å²) < 4.78 is 7.45. The van der Waals surface area contributed by atoms with E-state index in [4.69, 9.17) is 4.74 Å². The zero-order valence-corrected chi connectivity index (χ0v) is 17.6. The Balaban J connectivity index is 1.62. The SMILES string of the molecule is COc1ccc(N2CCn3c2nn(CC(=O)Nc2ccc(C)cc2C)c(=O)c3=O)cc1. The molecule has 0 unspecified atom stereocenters. The van der Waals surface area contributed by atoms with E-state index in [1.165, 1.54) is 4.57 Å². The molecular weight excluding hydrogens is 398 g/mol. The van der Waals surface area contributed by atoms with E-state index in [0.717, 1.165) is 21.5 Å². The molecule has 9 heteroatoms. The van der Waals surface area contributed by atoms with Gasteiger partial charge in [-0.1, -0.05) is 17.7 Å². The highest BCUT2D eigenvalue weighted by atomic mass is 16.5. The van der Waals surface area contributed by atoms with Gasteiger partial charge >= 0.3 is 11.1 Å². The highest BCUT2D eigenvalue weighted by Crippen LogP contribution is 2.27. The number of carbonyl (C=O) groups is 1. The van der Waals surface area contributed by atoms with E-state index >= 15 is 0 Å². The lowest BCUT2D eigenvalue weighted by Gasteiger charge is -2.18. The number of hydrogen-bond donors (Lipinski definition) is 1. The van der Waals surface area contributed by atoms with Gasteiger partial charge in [-0.3, -0.25) is 19.0 Å². The van der Waals surface area contributed by atoms with Gasteiger partial charge < -0.3 is 15.0 Å². The third kappa shape index (κ3) is 3.94. The van der Waals surface area contributed by atoms with Crippen LogP contribution in [-0.4, -0.2) is 33.9 Å². The minimum atomic E-state index is -0.823. The average molecular weight is 421 g/mol. The number of benzene rings is 2. The molecule has 1 aromatic heterocycles. The van der Waals surface area contributed by atoms with Crippen molar-refractivity contribution < 1.29 is 9.53 Å². The van der Waals surface area contributed by atoms with Crippen LogP contribution in [0.1, 0.15) is 11.1 Å². The molecule has 2 heterocycles. The molecule has 160 valence electrons. The third-order valence-corrected chi connectivity index (χ3v) is 5.24. The molecule has 1 aliphatic heterocycles. The second-order valence-electron chi connectivity index (χ2n) is 7.44. The first-order valence-corrected chi connectivity index (χ1v) is 9.88. The number of rotatable bonds is 5. The maximum Gasteiger partial charge on any atom is 0.333 e. The van der Waals surface area contributed by atoms with Crippen molar-refractivity contribution in [1.29, 1.82) is 0 Å². The molecule has 1 amide bonds. The van der Waals surface area contributed by atoms with Gasteiger partial charge in [0.05, 0.1) is 7.11 Å². The third-order valence-electron chi connectivity index (χ3n) is 5.24. The molecule has 2 aromatic carbocycles. The summed E-state index contributed by atoms with van der Waals surface area (Å²) >= 11 is 0. The number of methoxy groups -OCH3 is 1. The average Bonchev–Trinajstić information content (AvgIpc) is 3.18. The van der Waals surface area contributed by atoms with Gasteiger partial charge in [0, 0.05) is 24.5 Å². The Morgan fingerprint density at radius 1 is 1.06 bits per heavy atom. The van der Waals surface area contributed by atoms with Gasteiger partial charge in [-0.15, -0.1) is 5.10 Å². The number of anilines is 3. The van der Waals surface area contributed by atoms with Crippen LogP contribution >= 0.6 is 0 Å². The van der Waals surface area contributed by atoms with Crippen molar-refractivity contribution >= 4 is 23.2 Å². The highest BCUT2D eigenvalue weighted by Gasteiger charge is 2.26. The molecule has 31 heavy (non-hydrogen) atoms. The maximum absolute atomic E-state index is 12.6. The van der Waals surface area contributed by atoms with Crippen molar-refractivity contribution in [2.45, 2.75) is 26.9 Å². The van der Waals surface area contributed by atoms with Crippen LogP contribution in [0.2, 0.25) is 0 Å². The summed E-state index contributed by atoms with van der Waals surface area (Å²) in [6.07, 6.45) is 0. The lowest BCUT2D eigenvalue weighted by atomic mass is 10.1. The number of nitrogens with zero attached hydrogens (tertiary/aromatic N) is 4. The molecule has 0 saturated carbocycles. The number of amides is 1. The molecule has 0 bridgehead atoms. The number of fused-ring (bicyclic) bond motifs is 1. The summed E-state index contributed by atoms with van der Waals surface area (Å²) in [7, 11) is 1.59. The van der Waals surface area contributed by atoms with Crippen LogP contribution in [0.15, 0.2) is 52.1 Å². The predicted octanol–water partition coefficient (Wildman–Crippen LogP) is 1.82. The predicted molar refractivity (Wildman–Crippen MR) is 117 cm³/mol. The molecule has 3 aromatic rings. The van der Waals surface area contributed by atoms with E-state index in [0.29, 0.717) is 30.5 Å². The largest absolute Gasteiger partial charge is 0.497 e. The zero-order chi connectivity index (χ0) is 22.1. The Morgan fingerprint density at radius 2 is 1.81 bits per heavy atom. The van der Waals surface area contributed by atoms with Crippen LogP contribution in [-0.2, 0) is 17.9 Å². The Kier molecular flexibility index (Phi) is 5.33. The maximum atomic E-state index is 12.6. The van der Waals surface area contributed by atoms with Gasteiger partial charge in [0.25, 0.3) is 0 Å². The Labute approximate surface area is 178 Å². The number of ether oxygens (including phenoxy) is 1. The summed E-state index contributed by atoms with van der Waals surface area (Å²) in [6.45, 7) is 4.34. The summed E-state index contributed by atoms with van der Waals surface area (Å²) in [5.41, 5.74) is 1.94. The fourth-order valence-corrected chi connectivity index (χ4v) is 3.62. The topological polar surface area (TPSA) is 98.5 Å². The minimum absolute atomic E-state index is 0.328. The van der Waals surface area contributed by atoms with E-state index in [-0.39, 0.29) is 6.54 Å². The van der Waals surface area contributed by atoms with Gasteiger partial charge in [0.2, 0.25) is 11.9 Å². The lowest BCUT2D eigenvalue weighted by molar-refractivity contribution is -0.117. The Morgan fingerprint density at radius 3 is 2.48 bits per heavy atom. The van der Waals surface area contributed by atoms with E-state index in [9.17, 15) is 14.4 Å². The van der Waals surface area contributed by atoms with Gasteiger partial charge in [-0.25, -0.2) is 4.68 Å². The van der Waals surface area contributed by atoms with Crippen molar-refractivity contribution in [2.75, 3.05) is 23.9 Å². The highest BCUT2D eigenvalue weighted by molar-refractivity contribution is 5.91. The second-order valence-corrected chi connectivity index (χ2v) is 7.44. The second kappa shape index (κ2) is 8.10. The zero-order valence-electron chi connectivity index (χ0n) is 17.6. The molecule has 0 atom stereocenters. The van der Waals surface area contributed by atoms with Crippen LogP contribution < -0.4 is 26.1 Å². The molecule has 0 spiro atoms. The van der Waals surface area contributed by atoms with Gasteiger partial charge in [0.15, 0.2) is 0 Å². The van der Waals surface area contributed by atoms with E-state index in [1.807, 2.05) is 61.2 Å². The van der Waals surface area contributed by atoms with Crippen LogP contribution in [0.3, 0.4) is 0 Å². The van der Waals surface area contributed by atoms with E-state index in [2.05, 4.69) is 10.4 Å². The lowest BCUT2D eigenvalue weighted by Crippen LogP contribution is -2.44. The molecule has 0 fully saturated rings. The fourth-order valence-electron chi connectivity index (χ4n) is 3.62. The van der Waals surface area contributed by atoms with Crippen molar-refractivity contribution in [1.82, 2.24) is 14.3 Å². The first-order valence-electron chi connectivity index (χ1n) is 9.88. The summed E-state index contributed by atoms with van der Waals surface area (Å²) in [5, 5.41) is 7.11. The minimum Gasteiger partial charge on any atom is -0.497 e. The van der Waals surface area contributed by atoms with Gasteiger partial charge in [0.1, 0.15) is 12.3 Å². The Bertz CT molecular complexity index is 1260. The van der Waals surface area contributed by atoms with Crippen LogP contribution in [0, 0.1) is 13.8 Å². The number of aryl methyl sites for hydroxylation is 2. The molecule has 4 rings (SSSR count). The summed E-state index contributed by atoms with van der Waals surface area (Å²) in [6, 6.07) is 13.0. The monoisotopic (exact) mass is 421 g/mol. The first-order chi connectivity index (χ1) is 14.9. The standard InChI is InChI=1S/C22H23N5O4/c1-14-4-9-18(15(2)12-14)23-19(28)13-27-21(30)20(29)26-11-10-25(22(26)24-27)16-5-7-17(31-3)8-6-16/h4-9,12H,10-11,13H2,1-3H3,(H,23,28). The molecule has 0 saturated heterocycles. The van der Waals surface area contributed by atoms with Crippen molar-refractivity contribution in [3.8, 4) is 5.75 Å². The fraction of sp³-hybridized carbons (Fsp3) is 0.273. The molecule has 1 aliphatic rings. The van der Waals surface area contributed by atoms with Crippen LogP contribution in [0.5, 0.6) is 5.75 Å². The molecular formula is C22H23N5O4. The number of carbonyl (C=O) groups excluding carboxylic acids is 1. The summed E-state index contributed by atoms with van der Waals surface area (Å²) in [4.78, 5) is 39.5. The number of aromatic nitrogens is 3. The van der Waals surface area contributed by atoms with Crippen LogP contribution in [0.25, 0.3) is 0 Å². The van der Waals surface area contributed by atoms with Crippen molar-refractivity contribution in [3.63, 3.8) is 0 Å². The van der Waals surface area contributed by atoms with Crippen molar-refractivity contribution in [3.05, 3.63) is 74.3 Å². The molecule has 0 radical (unpaired) electrons. The molecule has 0 aliphatic carbocycles. The van der Waals surface area contributed by atoms with Gasteiger partial charge in [-0.05, 0) is 49.7 Å². The first kappa shape index (κ1) is 20.4. The van der Waals surface area contributed by atoms with E-state index < -0.39 is 17.0 Å². The Hall–Kier alpha value is -3.88. The number of hydrogen-bond acceptors (Lipinski definition) is 6. The van der Waals surface area contributed by atoms with Crippen molar-refractivity contribution in [2.24, 2.45) is 0 Å². The quantitative estimate of drug-likeness (QED) is 0.631. The van der Waals surface area contributed by atoms with Gasteiger partial charge in [-0.2, -0.15) is 0 Å². The summed E-state index contributed by atoms with van der Waals surface area (Å²) in [5.74, 6) is 0.607. The molecule has 1 N–H and O–H groups in total.